The second-order valence-corrected chi connectivity index (χ2v) is 4.28. The standard InChI is InChI=1S/C9H14O2/c10-7-6-2-5-11-8(6)9(7)3-1-4-9/h6-8,10H,1-5H2/t6-,7-,8-/m0/s1. The number of ether oxygens (including phenoxy) is 1. The lowest BCUT2D eigenvalue weighted by Gasteiger charge is -2.60. The zero-order valence-corrected chi connectivity index (χ0v) is 6.62. The molecular formula is C9H14O2. The summed E-state index contributed by atoms with van der Waals surface area (Å²) in [6.45, 7) is 0.883. The molecule has 2 nitrogen and oxygen atoms in total. The smallest absolute Gasteiger partial charge is 0.0709 e. The van der Waals surface area contributed by atoms with Gasteiger partial charge in [0.05, 0.1) is 12.2 Å². The molecule has 3 aliphatic rings. The van der Waals surface area contributed by atoms with Crippen molar-refractivity contribution in [2.24, 2.45) is 11.3 Å². The first-order chi connectivity index (χ1) is 5.34. The molecule has 1 heterocycles. The summed E-state index contributed by atoms with van der Waals surface area (Å²) in [5, 5.41) is 9.81. The quantitative estimate of drug-likeness (QED) is 0.562. The molecular weight excluding hydrogens is 140 g/mol. The lowest BCUT2D eigenvalue weighted by molar-refractivity contribution is -0.235. The summed E-state index contributed by atoms with van der Waals surface area (Å²) in [7, 11) is 0. The summed E-state index contributed by atoms with van der Waals surface area (Å²) in [6.07, 6.45) is 5.21. The summed E-state index contributed by atoms with van der Waals surface area (Å²) >= 11 is 0. The highest BCUT2D eigenvalue weighted by molar-refractivity contribution is 5.15. The summed E-state index contributed by atoms with van der Waals surface area (Å²) in [6, 6.07) is 0. The van der Waals surface area contributed by atoms with E-state index in [2.05, 4.69) is 0 Å². The second kappa shape index (κ2) is 1.80. The van der Waals surface area contributed by atoms with Crippen molar-refractivity contribution in [2.75, 3.05) is 6.61 Å². The maximum Gasteiger partial charge on any atom is 0.0709 e. The van der Waals surface area contributed by atoms with Crippen LogP contribution in [0, 0.1) is 11.3 Å². The zero-order valence-electron chi connectivity index (χ0n) is 6.62. The van der Waals surface area contributed by atoms with Crippen LogP contribution in [0.3, 0.4) is 0 Å². The fourth-order valence-electron chi connectivity index (χ4n) is 3.16. The van der Waals surface area contributed by atoms with Gasteiger partial charge in [-0.3, -0.25) is 0 Å². The van der Waals surface area contributed by atoms with E-state index in [-0.39, 0.29) is 11.5 Å². The van der Waals surface area contributed by atoms with E-state index in [4.69, 9.17) is 4.74 Å². The molecule has 1 aliphatic heterocycles. The van der Waals surface area contributed by atoms with Gasteiger partial charge < -0.3 is 9.84 Å². The molecule has 0 bridgehead atoms. The van der Waals surface area contributed by atoms with E-state index in [1.807, 2.05) is 0 Å². The van der Waals surface area contributed by atoms with Gasteiger partial charge in [0.25, 0.3) is 0 Å². The topological polar surface area (TPSA) is 29.5 Å². The average Bonchev–Trinajstić information content (AvgIpc) is 2.29. The summed E-state index contributed by atoms with van der Waals surface area (Å²) in [5.41, 5.74) is 0.237. The van der Waals surface area contributed by atoms with E-state index in [0.717, 1.165) is 13.0 Å². The summed E-state index contributed by atoms with van der Waals surface area (Å²) in [5.74, 6) is 0.496. The molecule has 0 aromatic heterocycles. The molecule has 3 fully saturated rings. The first kappa shape index (κ1) is 6.44. The highest BCUT2D eigenvalue weighted by atomic mass is 16.5. The highest BCUT2D eigenvalue weighted by Gasteiger charge is 2.66. The van der Waals surface area contributed by atoms with Gasteiger partial charge in [0.2, 0.25) is 0 Å². The average molecular weight is 154 g/mol. The van der Waals surface area contributed by atoms with Crippen LogP contribution in [0.5, 0.6) is 0 Å². The highest BCUT2D eigenvalue weighted by Crippen LogP contribution is 2.62. The molecule has 0 aromatic carbocycles. The molecule has 3 rings (SSSR count). The Balaban J connectivity index is 1.86. The minimum atomic E-state index is -0.0243. The number of aliphatic hydroxyl groups is 1. The molecule has 0 amide bonds. The number of rotatable bonds is 0. The molecule has 0 aromatic rings. The lowest BCUT2D eigenvalue weighted by atomic mass is 9.48. The van der Waals surface area contributed by atoms with E-state index in [1.165, 1.54) is 19.3 Å². The van der Waals surface area contributed by atoms with Crippen LogP contribution in [0.25, 0.3) is 0 Å². The third kappa shape index (κ3) is 0.541. The summed E-state index contributed by atoms with van der Waals surface area (Å²) < 4.78 is 5.62. The SMILES string of the molecule is O[C@H]1[C@@H]2CCO[C@@H]2C12CCC2. The Labute approximate surface area is 66.5 Å². The lowest BCUT2D eigenvalue weighted by Crippen LogP contribution is -2.66. The molecule has 2 saturated carbocycles. The van der Waals surface area contributed by atoms with E-state index in [9.17, 15) is 5.11 Å². The van der Waals surface area contributed by atoms with Crippen LogP contribution in [0.15, 0.2) is 0 Å². The predicted molar refractivity (Wildman–Crippen MR) is 40.1 cm³/mol. The largest absolute Gasteiger partial charge is 0.392 e. The molecule has 2 heteroatoms. The zero-order chi connectivity index (χ0) is 7.47. The minimum absolute atomic E-state index is 0.0243. The second-order valence-electron chi connectivity index (χ2n) is 4.28. The van der Waals surface area contributed by atoms with Crippen molar-refractivity contribution in [3.63, 3.8) is 0 Å². The monoisotopic (exact) mass is 154 g/mol. The van der Waals surface area contributed by atoms with Crippen molar-refractivity contribution in [1.29, 1.82) is 0 Å². The molecule has 3 atom stereocenters. The number of aliphatic hydroxyl groups excluding tert-OH is 1. The van der Waals surface area contributed by atoms with Crippen molar-refractivity contribution in [2.45, 2.75) is 37.9 Å². The fourth-order valence-corrected chi connectivity index (χ4v) is 3.16. The van der Waals surface area contributed by atoms with Crippen molar-refractivity contribution >= 4 is 0 Å². The molecule has 1 spiro atoms. The summed E-state index contributed by atoms with van der Waals surface area (Å²) in [4.78, 5) is 0. The molecule has 11 heavy (non-hydrogen) atoms. The van der Waals surface area contributed by atoms with Gasteiger partial charge in [-0.1, -0.05) is 6.42 Å². The number of fused-ring (bicyclic) bond motifs is 2. The Morgan fingerprint density at radius 1 is 1.36 bits per heavy atom. The Bertz CT molecular complexity index is 186. The molecule has 0 unspecified atom stereocenters. The molecule has 62 valence electrons. The Kier molecular flexibility index (Phi) is 1.06. The molecule has 1 N–H and O–H groups in total. The van der Waals surface area contributed by atoms with Crippen LogP contribution in [-0.4, -0.2) is 23.9 Å². The van der Waals surface area contributed by atoms with Gasteiger partial charge >= 0.3 is 0 Å². The van der Waals surface area contributed by atoms with Gasteiger partial charge in [0.1, 0.15) is 0 Å². The Morgan fingerprint density at radius 3 is 2.82 bits per heavy atom. The van der Waals surface area contributed by atoms with Crippen LogP contribution in [0.4, 0.5) is 0 Å². The Hall–Kier alpha value is -0.0800. The van der Waals surface area contributed by atoms with Gasteiger partial charge in [0, 0.05) is 17.9 Å². The normalized spacial score (nSPS) is 51.5. The van der Waals surface area contributed by atoms with Crippen molar-refractivity contribution in [1.82, 2.24) is 0 Å². The number of hydrogen-bond acceptors (Lipinski definition) is 2. The fraction of sp³-hybridized carbons (Fsp3) is 1.00. The van der Waals surface area contributed by atoms with E-state index >= 15 is 0 Å². The number of hydrogen-bond donors (Lipinski definition) is 1. The maximum atomic E-state index is 9.81. The van der Waals surface area contributed by atoms with Crippen molar-refractivity contribution in [3.8, 4) is 0 Å². The van der Waals surface area contributed by atoms with Crippen LogP contribution in [-0.2, 0) is 4.74 Å². The van der Waals surface area contributed by atoms with Gasteiger partial charge in [0.15, 0.2) is 0 Å². The third-order valence-electron chi connectivity index (χ3n) is 3.98. The first-order valence-electron chi connectivity index (χ1n) is 4.64. The molecule has 2 aliphatic carbocycles. The molecule has 1 saturated heterocycles. The van der Waals surface area contributed by atoms with Gasteiger partial charge in [-0.25, -0.2) is 0 Å². The van der Waals surface area contributed by atoms with Crippen LogP contribution in [0.2, 0.25) is 0 Å². The van der Waals surface area contributed by atoms with E-state index in [1.54, 1.807) is 0 Å². The minimum Gasteiger partial charge on any atom is -0.392 e. The van der Waals surface area contributed by atoms with Crippen molar-refractivity contribution in [3.05, 3.63) is 0 Å². The van der Waals surface area contributed by atoms with Gasteiger partial charge in [-0.15, -0.1) is 0 Å². The predicted octanol–water partition coefficient (Wildman–Crippen LogP) is 0.936. The van der Waals surface area contributed by atoms with Crippen molar-refractivity contribution < 1.29 is 9.84 Å². The van der Waals surface area contributed by atoms with Gasteiger partial charge in [-0.2, -0.15) is 0 Å². The van der Waals surface area contributed by atoms with Gasteiger partial charge in [-0.05, 0) is 19.3 Å². The maximum absolute atomic E-state index is 9.81. The third-order valence-corrected chi connectivity index (χ3v) is 3.98. The molecule has 0 radical (unpaired) electrons. The Morgan fingerprint density at radius 2 is 2.18 bits per heavy atom. The van der Waals surface area contributed by atoms with Crippen LogP contribution in [0.1, 0.15) is 25.7 Å². The van der Waals surface area contributed by atoms with Crippen LogP contribution < -0.4 is 0 Å². The van der Waals surface area contributed by atoms with E-state index in [0.29, 0.717) is 12.0 Å². The van der Waals surface area contributed by atoms with Crippen LogP contribution >= 0.6 is 0 Å². The van der Waals surface area contributed by atoms with E-state index < -0.39 is 0 Å². The first-order valence-corrected chi connectivity index (χ1v) is 4.64.